The molecule has 0 N–H and O–H groups in total. The minimum absolute atomic E-state index is 0.256. The van der Waals surface area contributed by atoms with E-state index in [1.807, 2.05) is 30.3 Å². The maximum atomic E-state index is 13.3. The zero-order valence-electron chi connectivity index (χ0n) is 12.6. The average Bonchev–Trinajstić information content (AvgIpc) is 3.03. The van der Waals surface area contributed by atoms with E-state index in [9.17, 15) is 9.18 Å². The Kier molecular flexibility index (Phi) is 4.47. The van der Waals surface area contributed by atoms with Crippen LogP contribution in [0.1, 0.15) is 17.4 Å². The number of amides is 1. The molecule has 3 rings (SSSR count). The van der Waals surface area contributed by atoms with Crippen molar-refractivity contribution in [3.63, 3.8) is 0 Å². The van der Waals surface area contributed by atoms with Crippen LogP contribution in [0.25, 0.3) is 0 Å². The van der Waals surface area contributed by atoms with E-state index in [-0.39, 0.29) is 6.61 Å². The minimum atomic E-state index is -0.981. The Morgan fingerprint density at radius 2 is 2.17 bits per heavy atom. The lowest BCUT2D eigenvalue weighted by atomic mass is 10.2. The van der Waals surface area contributed by atoms with Crippen LogP contribution in [0.4, 0.5) is 4.39 Å². The van der Waals surface area contributed by atoms with Gasteiger partial charge >= 0.3 is 0 Å². The molecule has 1 aromatic carbocycles. The van der Waals surface area contributed by atoms with Crippen LogP contribution in [0.5, 0.6) is 0 Å². The van der Waals surface area contributed by atoms with Gasteiger partial charge in [-0.1, -0.05) is 36.9 Å². The summed E-state index contributed by atoms with van der Waals surface area (Å²) in [6, 6.07) is 9.31. The zero-order valence-corrected chi connectivity index (χ0v) is 12.6. The Balaban J connectivity index is 1.87. The fraction of sp³-hybridized carbons (Fsp3) is 0.312. The average molecular weight is 316 g/mol. The highest BCUT2D eigenvalue weighted by Crippen LogP contribution is 2.24. The smallest absolute Gasteiger partial charge is 0.282 e. The largest absolute Gasteiger partial charge is 0.377 e. The van der Waals surface area contributed by atoms with Crippen LogP contribution in [-0.4, -0.2) is 45.3 Å². The number of halogens is 1. The van der Waals surface area contributed by atoms with Crippen LogP contribution in [0.3, 0.4) is 0 Å². The number of hydrogen-bond donors (Lipinski definition) is 0. The molecule has 6 nitrogen and oxygen atoms in total. The number of aromatic nitrogens is 3. The molecule has 1 fully saturated rings. The molecule has 23 heavy (non-hydrogen) atoms. The van der Waals surface area contributed by atoms with Crippen molar-refractivity contribution in [2.24, 2.45) is 0 Å². The van der Waals surface area contributed by atoms with Gasteiger partial charge in [0.15, 0.2) is 11.7 Å². The summed E-state index contributed by atoms with van der Waals surface area (Å²) in [7, 11) is 0. The molecule has 0 spiro atoms. The summed E-state index contributed by atoms with van der Waals surface area (Å²) in [4.78, 5) is 17.7. The van der Waals surface area contributed by atoms with E-state index in [2.05, 4.69) is 16.7 Å². The van der Waals surface area contributed by atoms with Crippen molar-refractivity contribution in [1.29, 1.82) is 0 Å². The van der Waals surface area contributed by atoms with Gasteiger partial charge < -0.3 is 9.64 Å². The molecule has 1 amide bonds. The Bertz CT molecular complexity index is 701. The third kappa shape index (κ3) is 3.29. The summed E-state index contributed by atoms with van der Waals surface area (Å²) in [6.45, 7) is 4.53. The monoisotopic (exact) mass is 316 g/mol. The quantitative estimate of drug-likeness (QED) is 0.806. The summed E-state index contributed by atoms with van der Waals surface area (Å²) in [5.74, 6) is -1.14. The molecular formula is C16H17FN4O2. The van der Waals surface area contributed by atoms with Gasteiger partial charge in [0.25, 0.3) is 5.91 Å². The predicted molar refractivity (Wildman–Crippen MR) is 81.1 cm³/mol. The van der Waals surface area contributed by atoms with Gasteiger partial charge in [-0.05, 0) is 5.56 Å². The predicted octanol–water partition coefficient (Wildman–Crippen LogP) is 1.71. The number of hydrogen-bond acceptors (Lipinski definition) is 4. The highest BCUT2D eigenvalue weighted by molar-refractivity contribution is 5.90. The van der Waals surface area contributed by atoms with Gasteiger partial charge in [-0.15, -0.1) is 0 Å². The fourth-order valence-corrected chi connectivity index (χ4v) is 2.63. The molecule has 1 saturated heterocycles. The number of carbonyl (C=O) groups is 1. The molecule has 1 atom stereocenters. The fourth-order valence-electron chi connectivity index (χ4n) is 2.63. The molecule has 0 bridgehead atoms. The van der Waals surface area contributed by atoms with Crippen LogP contribution >= 0.6 is 0 Å². The van der Waals surface area contributed by atoms with Crippen molar-refractivity contribution in [3.05, 3.63) is 60.5 Å². The molecule has 0 radical (unpaired) electrons. The lowest BCUT2D eigenvalue weighted by molar-refractivity contribution is -0.138. The lowest BCUT2D eigenvalue weighted by Crippen LogP contribution is -2.44. The first-order chi connectivity index (χ1) is 11.2. The summed E-state index contributed by atoms with van der Waals surface area (Å²) in [6.07, 6.45) is 1.43. The van der Waals surface area contributed by atoms with E-state index >= 15 is 0 Å². The molecule has 1 aliphatic rings. The van der Waals surface area contributed by atoms with Gasteiger partial charge in [0.05, 0.1) is 19.8 Å². The molecule has 2 aromatic rings. The summed E-state index contributed by atoms with van der Waals surface area (Å²) >= 11 is 0. The second-order valence-electron chi connectivity index (χ2n) is 5.26. The Labute approximate surface area is 133 Å². The van der Waals surface area contributed by atoms with E-state index in [1.54, 1.807) is 4.68 Å². The first-order valence-corrected chi connectivity index (χ1v) is 7.31. The lowest BCUT2D eigenvalue weighted by Gasteiger charge is -2.34. The van der Waals surface area contributed by atoms with Crippen molar-refractivity contribution in [1.82, 2.24) is 19.7 Å². The molecule has 1 aromatic heterocycles. The standard InChI is InChI=1S/C16H17FN4O2/c1-12(17)16(22)20-7-8-23-10-14(20)15-18-11-19-21(15)9-13-5-3-2-4-6-13/h2-6,11,14H,1,7-10H2. The highest BCUT2D eigenvalue weighted by atomic mass is 19.1. The zero-order chi connectivity index (χ0) is 16.2. The molecule has 2 heterocycles. The van der Waals surface area contributed by atoms with Gasteiger partial charge in [0.1, 0.15) is 12.4 Å². The van der Waals surface area contributed by atoms with E-state index < -0.39 is 17.8 Å². The molecule has 7 heteroatoms. The van der Waals surface area contributed by atoms with Crippen LogP contribution in [0.2, 0.25) is 0 Å². The SMILES string of the molecule is C=C(F)C(=O)N1CCOCC1c1ncnn1Cc1ccccc1. The number of morpholine rings is 1. The van der Waals surface area contributed by atoms with Crippen molar-refractivity contribution in [2.75, 3.05) is 19.8 Å². The van der Waals surface area contributed by atoms with Crippen LogP contribution in [0.15, 0.2) is 49.1 Å². The van der Waals surface area contributed by atoms with Crippen molar-refractivity contribution >= 4 is 5.91 Å². The van der Waals surface area contributed by atoms with E-state index in [1.165, 1.54) is 11.2 Å². The van der Waals surface area contributed by atoms with Crippen molar-refractivity contribution < 1.29 is 13.9 Å². The normalized spacial score (nSPS) is 18.0. The maximum absolute atomic E-state index is 13.3. The minimum Gasteiger partial charge on any atom is -0.377 e. The van der Waals surface area contributed by atoms with Crippen molar-refractivity contribution in [2.45, 2.75) is 12.6 Å². The van der Waals surface area contributed by atoms with E-state index in [0.29, 0.717) is 25.5 Å². The van der Waals surface area contributed by atoms with Crippen LogP contribution in [-0.2, 0) is 16.1 Å². The third-order valence-corrected chi connectivity index (χ3v) is 3.74. The number of nitrogens with zero attached hydrogens (tertiary/aromatic N) is 4. The molecule has 0 aliphatic carbocycles. The Morgan fingerprint density at radius 1 is 1.39 bits per heavy atom. The van der Waals surface area contributed by atoms with E-state index in [0.717, 1.165) is 5.56 Å². The maximum Gasteiger partial charge on any atom is 0.282 e. The van der Waals surface area contributed by atoms with Gasteiger partial charge in [0, 0.05) is 6.54 Å². The molecule has 1 unspecified atom stereocenters. The van der Waals surface area contributed by atoms with E-state index in [4.69, 9.17) is 4.74 Å². The second-order valence-corrected chi connectivity index (χ2v) is 5.26. The van der Waals surface area contributed by atoms with Gasteiger partial charge in [0.2, 0.25) is 0 Å². The van der Waals surface area contributed by atoms with Crippen LogP contribution in [0, 0.1) is 0 Å². The Morgan fingerprint density at radius 3 is 2.91 bits per heavy atom. The topological polar surface area (TPSA) is 60.3 Å². The number of carbonyl (C=O) groups excluding carboxylic acids is 1. The van der Waals surface area contributed by atoms with Crippen LogP contribution < -0.4 is 0 Å². The summed E-state index contributed by atoms with van der Waals surface area (Å²) in [5.41, 5.74) is 1.06. The molecular weight excluding hydrogens is 299 g/mol. The number of ether oxygens (including phenoxy) is 1. The summed E-state index contributed by atoms with van der Waals surface area (Å²) in [5, 5.41) is 4.22. The Hall–Kier alpha value is -2.54. The first-order valence-electron chi connectivity index (χ1n) is 7.31. The molecule has 120 valence electrons. The van der Waals surface area contributed by atoms with Gasteiger partial charge in [-0.25, -0.2) is 14.1 Å². The number of rotatable bonds is 4. The van der Waals surface area contributed by atoms with Gasteiger partial charge in [-0.2, -0.15) is 5.10 Å². The third-order valence-electron chi connectivity index (χ3n) is 3.74. The van der Waals surface area contributed by atoms with Gasteiger partial charge in [-0.3, -0.25) is 4.79 Å². The molecule has 1 aliphatic heterocycles. The first kappa shape index (κ1) is 15.4. The summed E-state index contributed by atoms with van der Waals surface area (Å²) < 4.78 is 20.4. The second kappa shape index (κ2) is 6.70. The molecule has 0 saturated carbocycles. The van der Waals surface area contributed by atoms with Crippen molar-refractivity contribution in [3.8, 4) is 0 Å². The number of benzene rings is 1. The highest BCUT2D eigenvalue weighted by Gasteiger charge is 2.33.